The number of aliphatic hydroxyl groups excluding tert-OH is 2. The van der Waals surface area contributed by atoms with E-state index in [1.807, 2.05) is 0 Å². The van der Waals surface area contributed by atoms with Crippen LogP contribution in [-0.2, 0) is 12.8 Å². The monoisotopic (exact) mass is 438 g/mol. The summed E-state index contributed by atoms with van der Waals surface area (Å²) in [5.41, 5.74) is 6.81. The summed E-state index contributed by atoms with van der Waals surface area (Å²) in [4.78, 5) is 0. The molecule has 0 heterocycles. The quantitative estimate of drug-likeness (QED) is 0.399. The fraction of sp³-hybridized carbons (Fsp3) is 0.600. The van der Waals surface area contributed by atoms with Crippen LogP contribution in [0.25, 0.3) is 11.1 Å². The summed E-state index contributed by atoms with van der Waals surface area (Å²) in [7, 11) is 0. The van der Waals surface area contributed by atoms with Crippen LogP contribution in [0.3, 0.4) is 0 Å². The molecule has 1 fully saturated rings. The minimum absolute atomic E-state index is 0.0120. The fourth-order valence-corrected chi connectivity index (χ4v) is 4.71. The van der Waals surface area contributed by atoms with Crippen molar-refractivity contribution in [3.63, 3.8) is 0 Å². The van der Waals surface area contributed by atoms with Gasteiger partial charge in [-0.15, -0.1) is 0 Å². The van der Waals surface area contributed by atoms with E-state index in [-0.39, 0.29) is 19.1 Å². The van der Waals surface area contributed by atoms with Crippen LogP contribution in [0, 0.1) is 5.92 Å². The summed E-state index contributed by atoms with van der Waals surface area (Å²) in [5, 5.41) is 18.5. The second-order valence-electron chi connectivity index (χ2n) is 9.43. The molecule has 0 unspecified atom stereocenters. The molecule has 2 aromatic rings. The highest BCUT2D eigenvalue weighted by Crippen LogP contribution is 2.34. The third-order valence-corrected chi connectivity index (χ3v) is 6.91. The average Bonchev–Trinajstić information content (AvgIpc) is 2.86. The van der Waals surface area contributed by atoms with Crippen LogP contribution in [0.5, 0.6) is 0 Å². The van der Waals surface area contributed by atoms with Crippen molar-refractivity contribution >= 4 is 0 Å². The molecule has 0 aliphatic heterocycles. The zero-order valence-electron chi connectivity index (χ0n) is 20.8. The SMILES string of the molecule is CCCCC.CCc1cc(CCC(CO)CO)ccc1-c1ccc(C2CCCCC2)cc1. The minimum atomic E-state index is -0.0120. The first-order valence-corrected chi connectivity index (χ1v) is 13.1. The molecule has 2 aromatic carbocycles. The molecule has 0 bridgehead atoms. The van der Waals surface area contributed by atoms with Crippen molar-refractivity contribution in [3.8, 4) is 11.1 Å². The topological polar surface area (TPSA) is 40.5 Å². The number of aryl methyl sites for hydroxylation is 2. The summed E-state index contributed by atoms with van der Waals surface area (Å²) >= 11 is 0. The van der Waals surface area contributed by atoms with E-state index in [0.29, 0.717) is 0 Å². The van der Waals surface area contributed by atoms with Crippen molar-refractivity contribution in [2.75, 3.05) is 13.2 Å². The summed E-state index contributed by atoms with van der Waals surface area (Å²) in [5.74, 6) is 0.744. The van der Waals surface area contributed by atoms with E-state index >= 15 is 0 Å². The maximum Gasteiger partial charge on any atom is 0.0481 e. The van der Waals surface area contributed by atoms with Gasteiger partial charge in [0.2, 0.25) is 0 Å². The predicted molar refractivity (Wildman–Crippen MR) is 138 cm³/mol. The van der Waals surface area contributed by atoms with Gasteiger partial charge in [0.05, 0.1) is 0 Å². The van der Waals surface area contributed by atoms with Crippen molar-refractivity contribution in [3.05, 3.63) is 59.2 Å². The van der Waals surface area contributed by atoms with Crippen molar-refractivity contribution in [2.45, 2.75) is 97.3 Å². The molecular formula is C30H46O2. The highest BCUT2D eigenvalue weighted by Gasteiger charge is 2.15. The van der Waals surface area contributed by atoms with Gasteiger partial charge in [-0.25, -0.2) is 0 Å². The van der Waals surface area contributed by atoms with E-state index in [2.05, 4.69) is 63.2 Å². The molecule has 0 amide bonds. The molecule has 0 saturated heterocycles. The Morgan fingerprint density at radius 3 is 2.03 bits per heavy atom. The Balaban J connectivity index is 0.000000654. The fourth-order valence-electron chi connectivity index (χ4n) is 4.71. The number of hydrogen-bond donors (Lipinski definition) is 2. The van der Waals surface area contributed by atoms with Gasteiger partial charge in [-0.1, -0.05) is 102 Å². The van der Waals surface area contributed by atoms with Crippen LogP contribution < -0.4 is 0 Å². The molecule has 178 valence electrons. The molecule has 2 heteroatoms. The van der Waals surface area contributed by atoms with Crippen LogP contribution >= 0.6 is 0 Å². The van der Waals surface area contributed by atoms with E-state index in [0.717, 1.165) is 25.2 Å². The van der Waals surface area contributed by atoms with Crippen molar-refractivity contribution in [1.82, 2.24) is 0 Å². The van der Waals surface area contributed by atoms with Gasteiger partial charge in [0.1, 0.15) is 0 Å². The van der Waals surface area contributed by atoms with Gasteiger partial charge in [0.15, 0.2) is 0 Å². The van der Waals surface area contributed by atoms with Gasteiger partial charge in [-0.3, -0.25) is 0 Å². The number of hydrogen-bond acceptors (Lipinski definition) is 2. The molecule has 2 N–H and O–H groups in total. The van der Waals surface area contributed by atoms with Crippen molar-refractivity contribution in [2.24, 2.45) is 5.92 Å². The Hall–Kier alpha value is -1.64. The molecule has 3 rings (SSSR count). The first-order chi connectivity index (χ1) is 15.7. The molecule has 0 radical (unpaired) electrons. The summed E-state index contributed by atoms with van der Waals surface area (Å²) in [6.45, 7) is 6.75. The maximum atomic E-state index is 9.25. The van der Waals surface area contributed by atoms with E-state index in [1.54, 1.807) is 0 Å². The van der Waals surface area contributed by atoms with Gasteiger partial charge in [0, 0.05) is 19.1 Å². The molecule has 2 nitrogen and oxygen atoms in total. The zero-order valence-corrected chi connectivity index (χ0v) is 20.8. The van der Waals surface area contributed by atoms with Crippen LogP contribution in [0.4, 0.5) is 0 Å². The molecule has 1 aliphatic carbocycles. The first kappa shape index (κ1) is 26.6. The normalized spacial score (nSPS) is 14.3. The number of unbranched alkanes of at least 4 members (excludes halogenated alkanes) is 2. The van der Waals surface area contributed by atoms with Gasteiger partial charge in [-0.05, 0) is 65.8 Å². The van der Waals surface area contributed by atoms with Gasteiger partial charge < -0.3 is 10.2 Å². The Morgan fingerprint density at radius 2 is 1.50 bits per heavy atom. The second kappa shape index (κ2) is 15.2. The summed E-state index contributed by atoms with van der Waals surface area (Å²) < 4.78 is 0. The van der Waals surface area contributed by atoms with Crippen LogP contribution in [-0.4, -0.2) is 23.4 Å². The van der Waals surface area contributed by atoms with Crippen LogP contribution in [0.15, 0.2) is 42.5 Å². The lowest BCUT2D eigenvalue weighted by Crippen LogP contribution is -2.12. The predicted octanol–water partition coefficient (Wildman–Crippen LogP) is 7.69. The summed E-state index contributed by atoms with van der Waals surface area (Å²) in [6.07, 6.45) is 13.7. The molecular weight excluding hydrogens is 392 g/mol. The number of rotatable bonds is 10. The second-order valence-corrected chi connectivity index (χ2v) is 9.43. The maximum absolute atomic E-state index is 9.25. The lowest BCUT2D eigenvalue weighted by Gasteiger charge is -2.22. The van der Waals surface area contributed by atoms with Gasteiger partial charge in [-0.2, -0.15) is 0 Å². The highest BCUT2D eigenvalue weighted by atomic mass is 16.3. The molecule has 32 heavy (non-hydrogen) atoms. The lowest BCUT2D eigenvalue weighted by molar-refractivity contribution is 0.144. The Morgan fingerprint density at radius 1 is 0.844 bits per heavy atom. The van der Waals surface area contributed by atoms with Crippen molar-refractivity contribution < 1.29 is 10.2 Å². The largest absolute Gasteiger partial charge is 0.396 e. The molecule has 1 saturated carbocycles. The minimum Gasteiger partial charge on any atom is -0.396 e. The lowest BCUT2D eigenvalue weighted by atomic mass is 9.83. The van der Waals surface area contributed by atoms with Crippen LogP contribution in [0.1, 0.15) is 101 Å². The standard InChI is InChI=1S/C25H34O2.C5H12/c1-2-21-16-19(8-9-20(17-26)18-27)10-15-25(21)24-13-11-23(12-14-24)22-6-4-3-5-7-22;1-3-5-4-2/h10-16,20,22,26-27H,2-9,17-18H2,1H3;3-5H2,1-2H3. The molecule has 0 atom stereocenters. The van der Waals surface area contributed by atoms with E-state index in [1.165, 1.54) is 79.2 Å². The van der Waals surface area contributed by atoms with E-state index < -0.39 is 0 Å². The van der Waals surface area contributed by atoms with Crippen molar-refractivity contribution in [1.29, 1.82) is 0 Å². The van der Waals surface area contributed by atoms with Gasteiger partial charge in [0.25, 0.3) is 0 Å². The zero-order chi connectivity index (χ0) is 23.2. The smallest absolute Gasteiger partial charge is 0.0481 e. The van der Waals surface area contributed by atoms with Gasteiger partial charge >= 0.3 is 0 Å². The molecule has 1 aliphatic rings. The first-order valence-electron chi connectivity index (χ1n) is 13.1. The highest BCUT2D eigenvalue weighted by molar-refractivity contribution is 5.68. The number of aliphatic hydroxyl groups is 2. The summed E-state index contributed by atoms with van der Waals surface area (Å²) in [6, 6.07) is 16.0. The Bertz CT molecular complexity index is 738. The van der Waals surface area contributed by atoms with E-state index in [4.69, 9.17) is 0 Å². The molecule has 0 spiro atoms. The third kappa shape index (κ3) is 8.37. The Kier molecular flexibility index (Phi) is 12.7. The van der Waals surface area contributed by atoms with E-state index in [9.17, 15) is 10.2 Å². The number of benzene rings is 2. The third-order valence-electron chi connectivity index (χ3n) is 6.91. The average molecular weight is 439 g/mol. The Labute approximate surface area is 197 Å². The van der Waals surface area contributed by atoms with Crippen LogP contribution in [0.2, 0.25) is 0 Å². The molecule has 0 aromatic heterocycles.